The molecule has 0 atom stereocenters. The van der Waals surface area contributed by atoms with Crippen molar-refractivity contribution >= 4 is 12.0 Å². The molecule has 3 rings (SSSR count). The predicted molar refractivity (Wildman–Crippen MR) is 101 cm³/mol. The van der Waals surface area contributed by atoms with E-state index in [0.717, 1.165) is 5.56 Å². The van der Waals surface area contributed by atoms with Crippen LogP contribution in [-0.4, -0.2) is 32.4 Å². The molecule has 1 amide bonds. The largest absolute Gasteiger partial charge is 0.493 e. The van der Waals surface area contributed by atoms with E-state index in [2.05, 4.69) is 10.5 Å². The molecule has 2 aromatic heterocycles. The van der Waals surface area contributed by atoms with Gasteiger partial charge in [-0.2, -0.15) is 0 Å². The molecule has 0 aliphatic heterocycles. The Morgan fingerprint density at radius 2 is 1.86 bits per heavy atom. The summed E-state index contributed by atoms with van der Waals surface area (Å²) in [5.74, 6) is 2.31. The molecule has 0 saturated carbocycles. The van der Waals surface area contributed by atoms with Gasteiger partial charge in [-0.05, 0) is 35.9 Å². The molecule has 0 radical (unpaired) electrons. The Morgan fingerprint density at radius 3 is 2.46 bits per heavy atom. The molecule has 1 N–H and O–H groups in total. The maximum Gasteiger partial charge on any atom is 0.244 e. The van der Waals surface area contributed by atoms with Gasteiger partial charge in [-0.3, -0.25) is 4.79 Å². The number of nitrogens with one attached hydrogen (secondary N) is 1. The number of amides is 1. The number of rotatable bonds is 8. The minimum Gasteiger partial charge on any atom is -0.493 e. The van der Waals surface area contributed by atoms with Crippen molar-refractivity contribution in [3.63, 3.8) is 0 Å². The summed E-state index contributed by atoms with van der Waals surface area (Å²) in [4.78, 5) is 12.1. The highest BCUT2D eigenvalue weighted by atomic mass is 16.5. The molecule has 0 aliphatic rings. The van der Waals surface area contributed by atoms with E-state index in [1.54, 1.807) is 42.7 Å². The van der Waals surface area contributed by atoms with Crippen molar-refractivity contribution in [1.82, 2.24) is 10.5 Å². The van der Waals surface area contributed by atoms with E-state index < -0.39 is 0 Å². The second-order valence-electron chi connectivity index (χ2n) is 5.67. The Labute approximate surface area is 161 Å². The first-order valence-corrected chi connectivity index (χ1v) is 8.40. The number of carbonyl (C=O) groups excluding carboxylic acids is 1. The number of hydrogen-bond acceptors (Lipinski definition) is 7. The van der Waals surface area contributed by atoms with Crippen LogP contribution in [0.1, 0.15) is 11.3 Å². The first-order chi connectivity index (χ1) is 13.6. The van der Waals surface area contributed by atoms with Gasteiger partial charge in [0.2, 0.25) is 17.4 Å². The van der Waals surface area contributed by atoms with Gasteiger partial charge in [0.1, 0.15) is 5.69 Å². The van der Waals surface area contributed by atoms with E-state index in [0.29, 0.717) is 34.5 Å². The van der Waals surface area contributed by atoms with Crippen LogP contribution >= 0.6 is 0 Å². The van der Waals surface area contributed by atoms with Crippen molar-refractivity contribution < 1.29 is 27.9 Å². The fourth-order valence-electron chi connectivity index (χ4n) is 2.54. The minimum absolute atomic E-state index is 0.225. The van der Waals surface area contributed by atoms with Crippen molar-refractivity contribution in [2.45, 2.75) is 6.54 Å². The van der Waals surface area contributed by atoms with Crippen molar-refractivity contribution in [1.29, 1.82) is 0 Å². The second kappa shape index (κ2) is 8.81. The van der Waals surface area contributed by atoms with Crippen molar-refractivity contribution in [3.05, 3.63) is 53.9 Å². The zero-order valence-corrected chi connectivity index (χ0v) is 15.7. The van der Waals surface area contributed by atoms with Crippen molar-refractivity contribution in [2.24, 2.45) is 0 Å². The summed E-state index contributed by atoms with van der Waals surface area (Å²) in [7, 11) is 4.60. The van der Waals surface area contributed by atoms with E-state index in [1.807, 2.05) is 0 Å². The van der Waals surface area contributed by atoms with Crippen LogP contribution in [0.3, 0.4) is 0 Å². The standard InChI is InChI=1S/C20H20N2O6/c1-24-17-9-13(10-18(25-2)20(17)26-3)6-7-19(23)21-12-14-11-16(28-22-14)15-5-4-8-27-15/h4-11H,12H2,1-3H3,(H,21,23)/b7-6+. The molecule has 0 bridgehead atoms. The lowest BCUT2D eigenvalue weighted by molar-refractivity contribution is -0.116. The Hall–Kier alpha value is -3.68. The first-order valence-electron chi connectivity index (χ1n) is 8.40. The quantitative estimate of drug-likeness (QED) is 0.595. The Bertz CT molecular complexity index is 934. The van der Waals surface area contributed by atoms with Gasteiger partial charge >= 0.3 is 0 Å². The summed E-state index contributed by atoms with van der Waals surface area (Å²) in [6, 6.07) is 8.73. The van der Waals surface area contributed by atoms with Crippen LogP contribution in [0.5, 0.6) is 17.2 Å². The Balaban J connectivity index is 1.62. The molecule has 0 fully saturated rings. The van der Waals surface area contributed by atoms with Crippen LogP contribution in [0.4, 0.5) is 0 Å². The van der Waals surface area contributed by atoms with E-state index in [-0.39, 0.29) is 12.5 Å². The lowest BCUT2D eigenvalue weighted by Crippen LogP contribution is -2.20. The Kier molecular flexibility index (Phi) is 6.01. The van der Waals surface area contributed by atoms with E-state index >= 15 is 0 Å². The number of furan rings is 1. The van der Waals surface area contributed by atoms with E-state index in [4.69, 9.17) is 23.2 Å². The third-order valence-corrected chi connectivity index (χ3v) is 3.88. The highest BCUT2D eigenvalue weighted by Gasteiger charge is 2.12. The molecule has 28 heavy (non-hydrogen) atoms. The maximum atomic E-state index is 12.1. The molecule has 0 spiro atoms. The van der Waals surface area contributed by atoms with Gasteiger partial charge in [-0.25, -0.2) is 0 Å². The normalized spacial score (nSPS) is 10.8. The van der Waals surface area contributed by atoms with Gasteiger partial charge in [0.05, 0.1) is 34.1 Å². The van der Waals surface area contributed by atoms with Gasteiger partial charge in [-0.1, -0.05) is 5.16 Å². The SMILES string of the molecule is COc1cc(/C=C/C(=O)NCc2cc(-c3ccco3)on2)cc(OC)c1OC. The molecule has 3 aromatic rings. The van der Waals surface area contributed by atoms with Gasteiger partial charge in [0.15, 0.2) is 17.3 Å². The van der Waals surface area contributed by atoms with Crippen molar-refractivity contribution in [2.75, 3.05) is 21.3 Å². The van der Waals surface area contributed by atoms with Gasteiger partial charge in [0.25, 0.3) is 0 Å². The highest BCUT2D eigenvalue weighted by molar-refractivity contribution is 5.91. The average Bonchev–Trinajstić information content (AvgIpc) is 3.41. The van der Waals surface area contributed by atoms with Crippen LogP contribution in [-0.2, 0) is 11.3 Å². The maximum absolute atomic E-state index is 12.1. The molecule has 2 heterocycles. The smallest absolute Gasteiger partial charge is 0.244 e. The van der Waals surface area contributed by atoms with Gasteiger partial charge in [0, 0.05) is 12.1 Å². The second-order valence-corrected chi connectivity index (χ2v) is 5.67. The number of ether oxygens (including phenoxy) is 3. The van der Waals surface area contributed by atoms with Crippen LogP contribution in [0.2, 0.25) is 0 Å². The van der Waals surface area contributed by atoms with Gasteiger partial charge in [-0.15, -0.1) is 0 Å². The summed E-state index contributed by atoms with van der Waals surface area (Å²) >= 11 is 0. The van der Waals surface area contributed by atoms with E-state index in [1.165, 1.54) is 27.4 Å². The average molecular weight is 384 g/mol. The van der Waals surface area contributed by atoms with Crippen LogP contribution in [0.25, 0.3) is 17.6 Å². The topological polar surface area (TPSA) is 96.0 Å². The lowest BCUT2D eigenvalue weighted by Gasteiger charge is -2.12. The third-order valence-electron chi connectivity index (χ3n) is 3.88. The molecular weight excluding hydrogens is 364 g/mol. The highest BCUT2D eigenvalue weighted by Crippen LogP contribution is 2.38. The van der Waals surface area contributed by atoms with Crippen LogP contribution < -0.4 is 19.5 Å². The van der Waals surface area contributed by atoms with Gasteiger partial charge < -0.3 is 28.5 Å². The first kappa shape index (κ1) is 19.1. The number of nitrogens with zero attached hydrogens (tertiary/aromatic N) is 1. The summed E-state index contributed by atoms with van der Waals surface area (Å²) in [6.07, 6.45) is 4.61. The number of carbonyl (C=O) groups is 1. The molecular formula is C20H20N2O6. The summed E-state index contributed by atoms with van der Waals surface area (Å²) in [6.45, 7) is 0.225. The minimum atomic E-state index is -0.281. The predicted octanol–water partition coefficient (Wildman–Crippen LogP) is 3.29. The van der Waals surface area contributed by atoms with Crippen molar-refractivity contribution in [3.8, 4) is 28.8 Å². The summed E-state index contributed by atoms with van der Waals surface area (Å²) in [5.41, 5.74) is 1.31. The number of aromatic nitrogens is 1. The molecule has 8 heteroatoms. The molecule has 146 valence electrons. The summed E-state index contributed by atoms with van der Waals surface area (Å²) < 4.78 is 26.3. The monoisotopic (exact) mass is 384 g/mol. The molecule has 0 unspecified atom stereocenters. The third kappa shape index (κ3) is 4.35. The molecule has 8 nitrogen and oxygen atoms in total. The van der Waals surface area contributed by atoms with Crippen LogP contribution in [0, 0.1) is 0 Å². The number of hydrogen-bond donors (Lipinski definition) is 1. The number of methoxy groups -OCH3 is 3. The van der Waals surface area contributed by atoms with E-state index in [9.17, 15) is 4.79 Å². The zero-order chi connectivity index (χ0) is 19.9. The lowest BCUT2D eigenvalue weighted by atomic mass is 10.1. The van der Waals surface area contributed by atoms with Crippen LogP contribution in [0.15, 0.2) is 51.6 Å². The number of benzene rings is 1. The molecule has 0 saturated heterocycles. The fourth-order valence-corrected chi connectivity index (χ4v) is 2.54. The fraction of sp³-hybridized carbons (Fsp3) is 0.200. The summed E-state index contributed by atoms with van der Waals surface area (Å²) in [5, 5.41) is 6.65. The molecule has 1 aromatic carbocycles. The Morgan fingerprint density at radius 1 is 1.11 bits per heavy atom. The zero-order valence-electron chi connectivity index (χ0n) is 15.7. The molecule has 0 aliphatic carbocycles.